The normalized spacial score (nSPS) is 14.5. The van der Waals surface area contributed by atoms with Crippen molar-refractivity contribution in [1.82, 2.24) is 0 Å². The highest BCUT2D eigenvalue weighted by atomic mass is 16.4. The minimum atomic E-state index is -0.973. The van der Waals surface area contributed by atoms with E-state index in [4.69, 9.17) is 10.8 Å². The summed E-state index contributed by atoms with van der Waals surface area (Å²) in [7, 11) is 0. The van der Waals surface area contributed by atoms with E-state index in [-0.39, 0.29) is 5.56 Å². The van der Waals surface area contributed by atoms with E-state index < -0.39 is 5.97 Å². The summed E-state index contributed by atoms with van der Waals surface area (Å²) in [4.78, 5) is 16.7. The van der Waals surface area contributed by atoms with E-state index in [0.717, 1.165) is 18.8 Å². The van der Waals surface area contributed by atoms with Crippen LogP contribution in [-0.2, 0) is 0 Å². The third kappa shape index (κ3) is 1.90. The Kier molecular flexibility index (Phi) is 2.29. The average Bonchev–Trinajstić information content (AvgIpc) is 2.69. The Bertz CT molecular complexity index is 429. The van der Waals surface area contributed by atoms with Crippen LogP contribution in [0.5, 0.6) is 0 Å². The fraction of sp³-hybridized carbons (Fsp3) is 0.200. The summed E-state index contributed by atoms with van der Waals surface area (Å²) >= 11 is 0. The summed E-state index contributed by atoms with van der Waals surface area (Å²) < 4.78 is 0. The number of nitrogens with zero attached hydrogens (tertiary/aromatic N) is 2. The molecule has 0 saturated carbocycles. The highest BCUT2D eigenvalue weighted by Gasteiger charge is 2.12. The van der Waals surface area contributed by atoms with Crippen LogP contribution < -0.4 is 10.6 Å². The van der Waals surface area contributed by atoms with Gasteiger partial charge in [0.2, 0.25) is 0 Å². The molecule has 1 aromatic rings. The van der Waals surface area contributed by atoms with Crippen LogP contribution in [0.3, 0.4) is 0 Å². The molecule has 1 heterocycles. The van der Waals surface area contributed by atoms with Crippen molar-refractivity contribution < 1.29 is 9.90 Å². The molecule has 0 aromatic heterocycles. The number of carbonyl (C=O) groups is 1. The maximum atomic E-state index is 10.8. The van der Waals surface area contributed by atoms with E-state index in [2.05, 4.69) is 4.99 Å². The Morgan fingerprint density at radius 1 is 1.47 bits per heavy atom. The molecule has 5 nitrogen and oxygen atoms in total. The first-order valence-corrected chi connectivity index (χ1v) is 4.57. The molecule has 0 unspecified atom stereocenters. The van der Waals surface area contributed by atoms with Gasteiger partial charge < -0.3 is 15.7 Å². The van der Waals surface area contributed by atoms with E-state index in [9.17, 15) is 4.79 Å². The molecule has 0 amide bonds. The van der Waals surface area contributed by atoms with Gasteiger partial charge in [-0.3, -0.25) is 4.99 Å². The average molecular weight is 205 g/mol. The largest absolute Gasteiger partial charge is 0.478 e. The molecule has 0 saturated heterocycles. The van der Waals surface area contributed by atoms with E-state index in [0.29, 0.717) is 5.69 Å². The number of nitrogen functional groups attached to an aromatic ring is 1. The third-order valence-corrected chi connectivity index (χ3v) is 2.21. The SMILES string of the molecule is Nc1cc(C(=O)O)cc(N2C=NCC2)c1. The van der Waals surface area contributed by atoms with Gasteiger partial charge in [0.25, 0.3) is 0 Å². The van der Waals surface area contributed by atoms with Crippen molar-refractivity contribution >= 4 is 23.7 Å². The van der Waals surface area contributed by atoms with Crippen molar-refractivity contribution in [3.05, 3.63) is 23.8 Å². The van der Waals surface area contributed by atoms with Crippen LogP contribution in [0.25, 0.3) is 0 Å². The molecule has 5 heteroatoms. The Morgan fingerprint density at radius 3 is 2.87 bits per heavy atom. The minimum absolute atomic E-state index is 0.199. The molecule has 0 spiro atoms. The maximum Gasteiger partial charge on any atom is 0.335 e. The van der Waals surface area contributed by atoms with Crippen molar-refractivity contribution in [2.75, 3.05) is 23.7 Å². The van der Waals surface area contributed by atoms with Gasteiger partial charge in [-0.15, -0.1) is 0 Å². The van der Waals surface area contributed by atoms with Gasteiger partial charge in [-0.1, -0.05) is 0 Å². The summed E-state index contributed by atoms with van der Waals surface area (Å²) in [6.45, 7) is 1.50. The molecule has 1 aliphatic rings. The fourth-order valence-corrected chi connectivity index (χ4v) is 1.50. The van der Waals surface area contributed by atoms with E-state index in [1.165, 1.54) is 6.07 Å². The number of carboxylic acid groups (broad SMARTS) is 1. The van der Waals surface area contributed by atoms with E-state index in [1.54, 1.807) is 18.5 Å². The zero-order valence-electron chi connectivity index (χ0n) is 8.05. The summed E-state index contributed by atoms with van der Waals surface area (Å²) in [5.41, 5.74) is 7.05. The molecule has 0 fully saturated rings. The van der Waals surface area contributed by atoms with Crippen LogP contribution in [0.2, 0.25) is 0 Å². The van der Waals surface area contributed by atoms with Crippen molar-refractivity contribution in [1.29, 1.82) is 0 Å². The van der Waals surface area contributed by atoms with Gasteiger partial charge in [0.15, 0.2) is 0 Å². The lowest BCUT2D eigenvalue weighted by molar-refractivity contribution is 0.0697. The van der Waals surface area contributed by atoms with E-state index >= 15 is 0 Å². The van der Waals surface area contributed by atoms with Gasteiger partial charge in [0, 0.05) is 17.9 Å². The maximum absolute atomic E-state index is 10.8. The second-order valence-electron chi connectivity index (χ2n) is 3.33. The van der Waals surface area contributed by atoms with Gasteiger partial charge in [-0.05, 0) is 18.2 Å². The highest BCUT2D eigenvalue weighted by Crippen LogP contribution is 2.21. The summed E-state index contributed by atoms with van der Waals surface area (Å²) in [6, 6.07) is 4.78. The van der Waals surface area contributed by atoms with E-state index in [1.807, 2.05) is 4.90 Å². The number of hydrogen-bond donors (Lipinski definition) is 2. The molecular weight excluding hydrogens is 194 g/mol. The predicted molar refractivity (Wildman–Crippen MR) is 58.5 cm³/mol. The van der Waals surface area contributed by atoms with Gasteiger partial charge in [0.05, 0.1) is 18.4 Å². The predicted octanol–water partition coefficient (Wildman–Crippen LogP) is 0.815. The lowest BCUT2D eigenvalue weighted by atomic mass is 10.1. The van der Waals surface area contributed by atoms with Gasteiger partial charge in [0.1, 0.15) is 0 Å². The summed E-state index contributed by atoms with van der Waals surface area (Å²) in [6.07, 6.45) is 1.69. The molecule has 1 aliphatic heterocycles. The van der Waals surface area contributed by atoms with Crippen LogP contribution in [0.1, 0.15) is 10.4 Å². The number of aliphatic imine (C=N–C) groups is 1. The quantitative estimate of drug-likeness (QED) is 0.700. The Morgan fingerprint density at radius 2 is 2.27 bits per heavy atom. The molecule has 3 N–H and O–H groups in total. The van der Waals surface area contributed by atoms with Crippen LogP contribution in [-0.4, -0.2) is 30.5 Å². The van der Waals surface area contributed by atoms with Crippen LogP contribution >= 0.6 is 0 Å². The lowest BCUT2D eigenvalue weighted by Gasteiger charge is -2.15. The summed E-state index contributed by atoms with van der Waals surface area (Å²) in [5, 5.41) is 8.87. The number of rotatable bonds is 2. The molecule has 78 valence electrons. The zero-order valence-corrected chi connectivity index (χ0v) is 8.05. The number of nitrogens with two attached hydrogens (primary N) is 1. The second-order valence-corrected chi connectivity index (χ2v) is 3.33. The van der Waals surface area contributed by atoms with Crippen molar-refractivity contribution in [2.45, 2.75) is 0 Å². The van der Waals surface area contributed by atoms with Crippen LogP contribution in [0, 0.1) is 0 Å². The highest BCUT2D eigenvalue weighted by molar-refractivity contribution is 5.92. The van der Waals surface area contributed by atoms with Crippen molar-refractivity contribution in [3.63, 3.8) is 0 Å². The molecular formula is C10H11N3O2. The number of benzene rings is 1. The molecule has 0 aliphatic carbocycles. The second kappa shape index (κ2) is 3.61. The first kappa shape index (κ1) is 9.51. The smallest absolute Gasteiger partial charge is 0.335 e. The lowest BCUT2D eigenvalue weighted by Crippen LogP contribution is -2.18. The monoisotopic (exact) mass is 205 g/mol. The first-order chi connectivity index (χ1) is 7.16. The number of anilines is 2. The topological polar surface area (TPSA) is 78.9 Å². The van der Waals surface area contributed by atoms with Crippen LogP contribution in [0.4, 0.5) is 11.4 Å². The van der Waals surface area contributed by atoms with Gasteiger partial charge >= 0.3 is 5.97 Å². The minimum Gasteiger partial charge on any atom is -0.478 e. The zero-order chi connectivity index (χ0) is 10.8. The molecule has 15 heavy (non-hydrogen) atoms. The van der Waals surface area contributed by atoms with Crippen LogP contribution in [0.15, 0.2) is 23.2 Å². The molecule has 0 radical (unpaired) electrons. The Hall–Kier alpha value is -2.04. The van der Waals surface area contributed by atoms with Crippen molar-refractivity contribution in [3.8, 4) is 0 Å². The fourth-order valence-electron chi connectivity index (χ4n) is 1.50. The third-order valence-electron chi connectivity index (χ3n) is 2.21. The number of aromatic carboxylic acids is 1. The molecule has 2 rings (SSSR count). The molecule has 1 aromatic carbocycles. The summed E-state index contributed by atoms with van der Waals surface area (Å²) in [5.74, 6) is -0.973. The van der Waals surface area contributed by atoms with Crippen molar-refractivity contribution in [2.24, 2.45) is 4.99 Å². The standard InChI is InChI=1S/C10H11N3O2/c11-8-3-7(10(14)15)4-9(5-8)13-2-1-12-6-13/h3-6H,1-2,11H2,(H,14,15). The number of carboxylic acids is 1. The van der Waals surface area contributed by atoms with Gasteiger partial charge in [-0.25, -0.2) is 4.79 Å². The molecule has 0 atom stereocenters. The first-order valence-electron chi connectivity index (χ1n) is 4.57. The number of hydrogen-bond acceptors (Lipinski definition) is 4. The Labute approximate surface area is 86.8 Å². The van der Waals surface area contributed by atoms with Gasteiger partial charge in [-0.2, -0.15) is 0 Å². The Balaban J connectivity index is 2.38. The molecule has 0 bridgehead atoms.